The molecule has 2 aromatic rings. The molecule has 0 spiro atoms. The first-order valence-corrected chi connectivity index (χ1v) is 14.2. The fourth-order valence-corrected chi connectivity index (χ4v) is 5.91. The van der Waals surface area contributed by atoms with Crippen LogP contribution in [-0.4, -0.2) is 65.2 Å². The number of nitrogens with zero attached hydrogens (tertiary/aromatic N) is 4. The van der Waals surface area contributed by atoms with Crippen LogP contribution in [0.15, 0.2) is 36.5 Å². The zero-order valence-corrected chi connectivity index (χ0v) is 22.7. The molecule has 3 fully saturated rings. The van der Waals surface area contributed by atoms with Crippen LogP contribution in [0.4, 0.5) is 35.0 Å². The lowest BCUT2D eigenvalue weighted by molar-refractivity contribution is -0.388. The number of nitro benzene ring substituents is 1. The van der Waals surface area contributed by atoms with E-state index in [1.54, 1.807) is 6.20 Å². The van der Waals surface area contributed by atoms with Gasteiger partial charge in [-0.05, 0) is 56.7 Å². The summed E-state index contributed by atoms with van der Waals surface area (Å²) in [5, 5.41) is 17.3. The Morgan fingerprint density at radius 2 is 1.68 bits per heavy atom. The molecule has 2 heterocycles. The molecule has 2 aliphatic carbocycles. The molecular formula is C28H35F3N6O4. The van der Waals surface area contributed by atoms with Crippen LogP contribution >= 0.6 is 0 Å². The zero-order chi connectivity index (χ0) is 29.0. The van der Waals surface area contributed by atoms with E-state index in [-0.39, 0.29) is 23.9 Å². The van der Waals surface area contributed by atoms with Crippen molar-refractivity contribution in [3.05, 3.63) is 52.2 Å². The second-order valence-corrected chi connectivity index (χ2v) is 11.0. The van der Waals surface area contributed by atoms with Gasteiger partial charge in [0.15, 0.2) is 0 Å². The molecule has 10 nitrogen and oxygen atoms in total. The Labute approximate surface area is 236 Å². The van der Waals surface area contributed by atoms with Crippen LogP contribution in [0.2, 0.25) is 0 Å². The number of pyridine rings is 1. The topological polar surface area (TPSA) is 113 Å². The minimum absolute atomic E-state index is 0.0229. The second kappa shape index (κ2) is 12.4. The van der Waals surface area contributed by atoms with Crippen molar-refractivity contribution in [1.82, 2.24) is 15.2 Å². The van der Waals surface area contributed by atoms with Gasteiger partial charge in [0.1, 0.15) is 11.7 Å². The number of hydrogen-bond acceptors (Lipinski definition) is 7. The molecule has 0 atom stereocenters. The molecule has 5 rings (SSSR count). The summed E-state index contributed by atoms with van der Waals surface area (Å²) in [5.41, 5.74) is -1.02. The summed E-state index contributed by atoms with van der Waals surface area (Å²) < 4.78 is 46.1. The Kier molecular flexibility index (Phi) is 8.69. The van der Waals surface area contributed by atoms with Gasteiger partial charge in [-0.15, -0.1) is 0 Å². The standard InChI is InChI=1S/C28H35F3N6O4/c29-28(30,31)24-17-21(7-10-25(24)37(39)40)33-20-5-8-23(9-6-20)41-26-18-22(11-12-32-26)35-13-15-36(16-14-35)27(38)34-19-3-1-2-4-19/h7,10-12,17-20,23,33H,1-6,8-9,13-16H2,(H,34,38)/t20-,23-. The van der Waals surface area contributed by atoms with E-state index in [4.69, 9.17) is 4.74 Å². The SMILES string of the molecule is O=C(NC1CCCC1)N1CCN(c2ccnc(O[C@H]3CC[C@H](Nc4ccc([N+](=O)[O-])c(C(F)(F)F)c4)CC3)c2)CC1. The molecule has 13 heteroatoms. The van der Waals surface area contributed by atoms with Gasteiger partial charge in [0.05, 0.1) is 4.92 Å². The summed E-state index contributed by atoms with van der Waals surface area (Å²) in [6.45, 7) is 2.73. The molecule has 41 heavy (non-hydrogen) atoms. The lowest BCUT2D eigenvalue weighted by atomic mass is 9.92. The van der Waals surface area contributed by atoms with Gasteiger partial charge in [0.25, 0.3) is 5.69 Å². The van der Waals surface area contributed by atoms with Crippen molar-refractivity contribution in [2.24, 2.45) is 0 Å². The third-order valence-electron chi connectivity index (χ3n) is 8.16. The molecule has 0 unspecified atom stereocenters. The smallest absolute Gasteiger partial charge is 0.423 e. The summed E-state index contributed by atoms with van der Waals surface area (Å²) in [5.74, 6) is 0.519. The highest BCUT2D eigenvalue weighted by Crippen LogP contribution is 2.38. The van der Waals surface area contributed by atoms with Crippen LogP contribution < -0.4 is 20.3 Å². The van der Waals surface area contributed by atoms with E-state index in [2.05, 4.69) is 20.5 Å². The summed E-state index contributed by atoms with van der Waals surface area (Å²) >= 11 is 0. The molecule has 222 valence electrons. The first kappa shape index (κ1) is 28.7. The largest absolute Gasteiger partial charge is 0.474 e. The number of rotatable bonds is 7. The van der Waals surface area contributed by atoms with Crippen LogP contribution in [0.25, 0.3) is 0 Å². The Balaban J connectivity index is 1.09. The van der Waals surface area contributed by atoms with Gasteiger partial charge in [-0.3, -0.25) is 10.1 Å². The van der Waals surface area contributed by atoms with Crippen molar-refractivity contribution in [3.8, 4) is 5.88 Å². The number of aromatic nitrogens is 1. The average Bonchev–Trinajstić information content (AvgIpc) is 3.47. The van der Waals surface area contributed by atoms with Crippen LogP contribution in [0.5, 0.6) is 5.88 Å². The Bertz CT molecular complexity index is 1220. The van der Waals surface area contributed by atoms with Crippen molar-refractivity contribution < 1.29 is 27.6 Å². The number of carbonyl (C=O) groups excluding carboxylic acids is 1. The molecule has 1 aliphatic heterocycles. The van der Waals surface area contributed by atoms with Gasteiger partial charge in [0.2, 0.25) is 5.88 Å². The highest BCUT2D eigenvalue weighted by atomic mass is 19.4. The Morgan fingerprint density at radius 3 is 2.34 bits per heavy atom. The highest BCUT2D eigenvalue weighted by Gasteiger charge is 2.38. The van der Waals surface area contributed by atoms with Gasteiger partial charge in [-0.2, -0.15) is 13.2 Å². The number of piperazine rings is 1. The van der Waals surface area contributed by atoms with E-state index < -0.39 is 22.4 Å². The second-order valence-electron chi connectivity index (χ2n) is 11.0. The van der Waals surface area contributed by atoms with Crippen LogP contribution in [0.1, 0.15) is 56.9 Å². The van der Waals surface area contributed by atoms with Gasteiger partial charge in [0, 0.05) is 68.0 Å². The van der Waals surface area contributed by atoms with Crippen molar-refractivity contribution in [2.75, 3.05) is 36.4 Å². The molecule has 0 radical (unpaired) electrons. The van der Waals surface area contributed by atoms with E-state index in [0.29, 0.717) is 50.7 Å². The summed E-state index contributed by atoms with van der Waals surface area (Å²) in [7, 11) is 0. The van der Waals surface area contributed by atoms with E-state index in [1.807, 2.05) is 17.0 Å². The summed E-state index contributed by atoms with van der Waals surface area (Å²) in [6.07, 6.45) is 4.03. The maximum absolute atomic E-state index is 13.3. The van der Waals surface area contributed by atoms with Crippen LogP contribution in [0.3, 0.4) is 0 Å². The van der Waals surface area contributed by atoms with Gasteiger partial charge in [-0.1, -0.05) is 12.8 Å². The molecule has 1 aromatic carbocycles. The number of urea groups is 1. The molecular weight excluding hydrogens is 541 g/mol. The number of halogens is 3. The molecule has 0 bridgehead atoms. The van der Waals surface area contributed by atoms with E-state index in [9.17, 15) is 28.1 Å². The van der Waals surface area contributed by atoms with Crippen molar-refractivity contribution >= 4 is 23.1 Å². The van der Waals surface area contributed by atoms with Crippen molar-refractivity contribution in [2.45, 2.75) is 75.7 Å². The zero-order valence-electron chi connectivity index (χ0n) is 22.7. The fraction of sp³-hybridized carbons (Fsp3) is 0.571. The molecule has 2 saturated carbocycles. The Hall–Kier alpha value is -3.77. The number of alkyl halides is 3. The van der Waals surface area contributed by atoms with Crippen molar-refractivity contribution in [3.63, 3.8) is 0 Å². The van der Waals surface area contributed by atoms with Gasteiger partial charge >= 0.3 is 12.2 Å². The highest BCUT2D eigenvalue weighted by molar-refractivity contribution is 5.75. The predicted molar refractivity (Wildman–Crippen MR) is 147 cm³/mol. The number of anilines is 2. The van der Waals surface area contributed by atoms with Gasteiger partial charge < -0.3 is 25.2 Å². The lowest BCUT2D eigenvalue weighted by Crippen LogP contribution is -2.53. The summed E-state index contributed by atoms with van der Waals surface area (Å²) in [4.78, 5) is 31.0. The quantitative estimate of drug-likeness (QED) is 0.327. The van der Waals surface area contributed by atoms with E-state index in [0.717, 1.165) is 43.8 Å². The van der Waals surface area contributed by atoms with E-state index >= 15 is 0 Å². The molecule has 2 N–H and O–H groups in total. The molecule has 1 saturated heterocycles. The summed E-state index contributed by atoms with van der Waals surface area (Å²) in [6, 6.07) is 7.11. The molecule has 2 amide bonds. The normalized spacial score (nSPS) is 21.9. The monoisotopic (exact) mass is 576 g/mol. The van der Waals surface area contributed by atoms with Gasteiger partial charge in [-0.25, -0.2) is 9.78 Å². The number of amides is 2. The van der Waals surface area contributed by atoms with E-state index in [1.165, 1.54) is 18.9 Å². The lowest BCUT2D eigenvalue weighted by Gasteiger charge is -2.36. The van der Waals surface area contributed by atoms with Crippen molar-refractivity contribution in [1.29, 1.82) is 0 Å². The maximum atomic E-state index is 13.3. The average molecular weight is 577 g/mol. The Morgan fingerprint density at radius 1 is 0.976 bits per heavy atom. The first-order chi connectivity index (χ1) is 19.7. The molecule has 3 aliphatic rings. The minimum Gasteiger partial charge on any atom is -0.474 e. The minimum atomic E-state index is -4.82. The van der Waals surface area contributed by atoms with Crippen LogP contribution in [0, 0.1) is 10.1 Å². The first-order valence-electron chi connectivity index (χ1n) is 14.2. The van der Waals surface area contributed by atoms with Crippen LogP contribution in [-0.2, 0) is 6.18 Å². The number of nitro groups is 1. The third kappa shape index (κ3) is 7.31. The number of benzene rings is 1. The number of nitrogens with one attached hydrogen (secondary N) is 2. The number of hydrogen-bond donors (Lipinski definition) is 2. The maximum Gasteiger partial charge on any atom is 0.423 e. The predicted octanol–water partition coefficient (Wildman–Crippen LogP) is 5.58. The third-order valence-corrected chi connectivity index (χ3v) is 8.16. The molecule has 1 aromatic heterocycles. The number of carbonyl (C=O) groups is 1. The number of ether oxygens (including phenoxy) is 1. The fourth-order valence-electron chi connectivity index (χ4n) is 5.91.